The summed E-state index contributed by atoms with van der Waals surface area (Å²) in [6.07, 6.45) is -9.14. The molecule has 5 nitrogen and oxygen atoms in total. The number of nitrogens with zero attached hydrogens (tertiary/aromatic N) is 3. The standard InChI is InChI=1S/C18H12F6N4O/c1-10-25-15(16(29)26-13-6-2-4-11(8-13)17(19,20)21)27-28(10)14-7-3-5-12(9-14)18(22,23)24/h2-9H,1H3,(H,26,29). The molecule has 0 aliphatic heterocycles. The lowest BCUT2D eigenvalue weighted by atomic mass is 10.2. The van der Waals surface area contributed by atoms with E-state index in [1.807, 2.05) is 0 Å². The lowest BCUT2D eigenvalue weighted by Crippen LogP contribution is -2.15. The molecule has 0 saturated carbocycles. The van der Waals surface area contributed by atoms with Crippen LogP contribution in [0.25, 0.3) is 5.69 Å². The maximum atomic E-state index is 12.9. The van der Waals surface area contributed by atoms with Crippen LogP contribution in [-0.4, -0.2) is 20.7 Å². The van der Waals surface area contributed by atoms with Crippen molar-refractivity contribution in [3.8, 4) is 5.69 Å². The summed E-state index contributed by atoms with van der Waals surface area (Å²) in [5, 5.41) is 6.12. The number of amides is 1. The van der Waals surface area contributed by atoms with Crippen molar-refractivity contribution in [2.24, 2.45) is 0 Å². The van der Waals surface area contributed by atoms with E-state index in [2.05, 4.69) is 15.4 Å². The van der Waals surface area contributed by atoms with Crippen molar-refractivity contribution in [3.05, 3.63) is 71.3 Å². The van der Waals surface area contributed by atoms with E-state index in [1.165, 1.54) is 25.1 Å². The molecule has 1 aromatic heterocycles. The van der Waals surface area contributed by atoms with Gasteiger partial charge >= 0.3 is 12.4 Å². The number of rotatable bonds is 3. The van der Waals surface area contributed by atoms with Gasteiger partial charge in [-0.3, -0.25) is 4.79 Å². The van der Waals surface area contributed by atoms with Gasteiger partial charge in [0.2, 0.25) is 5.82 Å². The van der Waals surface area contributed by atoms with Crippen molar-refractivity contribution >= 4 is 11.6 Å². The molecule has 1 N–H and O–H groups in total. The molecule has 2 aromatic carbocycles. The molecule has 152 valence electrons. The number of carbonyl (C=O) groups is 1. The number of aromatic nitrogens is 3. The summed E-state index contributed by atoms with van der Waals surface area (Å²) >= 11 is 0. The topological polar surface area (TPSA) is 59.8 Å². The number of carbonyl (C=O) groups excluding carboxylic acids is 1. The first-order chi connectivity index (χ1) is 13.4. The molecule has 0 spiro atoms. The van der Waals surface area contributed by atoms with Crippen LogP contribution in [0, 0.1) is 6.92 Å². The zero-order valence-electron chi connectivity index (χ0n) is 14.6. The minimum atomic E-state index is -4.58. The number of anilines is 1. The van der Waals surface area contributed by atoms with Gasteiger partial charge in [-0.1, -0.05) is 12.1 Å². The van der Waals surface area contributed by atoms with Crippen LogP contribution < -0.4 is 5.32 Å². The molecule has 0 unspecified atom stereocenters. The first-order valence-corrected chi connectivity index (χ1v) is 8.05. The Bertz CT molecular complexity index is 1050. The average molecular weight is 414 g/mol. The summed E-state index contributed by atoms with van der Waals surface area (Å²) < 4.78 is 78.0. The normalized spacial score (nSPS) is 12.1. The fourth-order valence-electron chi connectivity index (χ4n) is 2.51. The highest BCUT2D eigenvalue weighted by atomic mass is 19.4. The van der Waals surface area contributed by atoms with Crippen LogP contribution in [0.5, 0.6) is 0 Å². The molecule has 29 heavy (non-hydrogen) atoms. The quantitative estimate of drug-likeness (QED) is 0.623. The van der Waals surface area contributed by atoms with E-state index in [-0.39, 0.29) is 17.2 Å². The second-order valence-electron chi connectivity index (χ2n) is 5.98. The highest BCUT2D eigenvalue weighted by Gasteiger charge is 2.31. The van der Waals surface area contributed by atoms with Crippen LogP contribution in [0.1, 0.15) is 27.6 Å². The second-order valence-corrected chi connectivity index (χ2v) is 5.98. The molecule has 0 fully saturated rings. The smallest absolute Gasteiger partial charge is 0.319 e. The van der Waals surface area contributed by atoms with Crippen LogP contribution in [0.15, 0.2) is 48.5 Å². The van der Waals surface area contributed by atoms with Gasteiger partial charge in [0.05, 0.1) is 16.8 Å². The van der Waals surface area contributed by atoms with Gasteiger partial charge in [0.25, 0.3) is 5.91 Å². The number of nitrogens with one attached hydrogen (secondary N) is 1. The zero-order chi connectivity index (χ0) is 21.4. The SMILES string of the molecule is Cc1nc(C(=O)Nc2cccc(C(F)(F)F)c2)nn1-c1cccc(C(F)(F)F)c1. The van der Waals surface area contributed by atoms with E-state index in [0.29, 0.717) is 0 Å². The summed E-state index contributed by atoms with van der Waals surface area (Å²) in [5.41, 5.74) is -1.95. The first-order valence-electron chi connectivity index (χ1n) is 8.05. The minimum absolute atomic E-state index is 0.0305. The lowest BCUT2D eigenvalue weighted by Gasteiger charge is -2.09. The summed E-state index contributed by atoms with van der Waals surface area (Å²) in [5.74, 6) is -1.19. The van der Waals surface area contributed by atoms with E-state index in [9.17, 15) is 31.1 Å². The van der Waals surface area contributed by atoms with Crippen LogP contribution in [0.2, 0.25) is 0 Å². The monoisotopic (exact) mass is 414 g/mol. The Kier molecular flexibility index (Phi) is 5.07. The van der Waals surface area contributed by atoms with E-state index in [1.54, 1.807) is 0 Å². The van der Waals surface area contributed by atoms with E-state index in [4.69, 9.17) is 0 Å². The molecule has 3 aromatic rings. The van der Waals surface area contributed by atoms with Crippen molar-refractivity contribution in [2.45, 2.75) is 19.3 Å². The molecule has 3 rings (SSSR count). The third-order valence-electron chi connectivity index (χ3n) is 3.84. The molecule has 0 bridgehead atoms. The summed E-state index contributed by atoms with van der Waals surface area (Å²) in [6.45, 7) is 1.42. The number of hydrogen-bond donors (Lipinski definition) is 1. The van der Waals surface area contributed by atoms with Crippen LogP contribution in [0.3, 0.4) is 0 Å². The second kappa shape index (κ2) is 7.22. The van der Waals surface area contributed by atoms with Crippen LogP contribution in [0.4, 0.5) is 32.0 Å². The van der Waals surface area contributed by atoms with Gasteiger partial charge in [-0.05, 0) is 43.3 Å². The number of alkyl halides is 6. The molecule has 0 radical (unpaired) electrons. The van der Waals surface area contributed by atoms with Gasteiger partial charge in [-0.25, -0.2) is 9.67 Å². The largest absolute Gasteiger partial charge is 0.416 e. The Morgan fingerprint density at radius 3 is 2.14 bits per heavy atom. The molecule has 11 heteroatoms. The van der Waals surface area contributed by atoms with Gasteiger partial charge in [-0.15, -0.1) is 5.10 Å². The molecular weight excluding hydrogens is 402 g/mol. The van der Waals surface area contributed by atoms with Crippen LogP contribution in [-0.2, 0) is 12.4 Å². The molecule has 1 amide bonds. The Hall–Kier alpha value is -3.37. The summed E-state index contributed by atoms with van der Waals surface area (Å²) in [4.78, 5) is 16.2. The third-order valence-corrected chi connectivity index (χ3v) is 3.84. The van der Waals surface area contributed by atoms with Gasteiger partial charge in [0, 0.05) is 5.69 Å². The number of aryl methyl sites for hydroxylation is 1. The molecule has 0 aliphatic carbocycles. The fraction of sp³-hybridized carbons (Fsp3) is 0.167. The predicted octanol–water partition coefficient (Wildman–Crippen LogP) is 4.87. The maximum Gasteiger partial charge on any atom is 0.416 e. The van der Waals surface area contributed by atoms with E-state index >= 15 is 0 Å². The first kappa shape index (κ1) is 20.4. The summed E-state index contributed by atoms with van der Waals surface area (Å²) in [6, 6.07) is 8.23. The highest BCUT2D eigenvalue weighted by Crippen LogP contribution is 2.31. The van der Waals surface area contributed by atoms with Gasteiger partial charge < -0.3 is 5.32 Å². The fourth-order valence-corrected chi connectivity index (χ4v) is 2.51. The number of benzene rings is 2. The maximum absolute atomic E-state index is 12.9. The zero-order valence-corrected chi connectivity index (χ0v) is 14.6. The van der Waals surface area contributed by atoms with Crippen LogP contribution >= 0.6 is 0 Å². The molecule has 0 aliphatic rings. The Labute approximate surface area is 160 Å². The van der Waals surface area contributed by atoms with E-state index < -0.39 is 35.2 Å². The average Bonchev–Trinajstić information content (AvgIpc) is 3.02. The van der Waals surface area contributed by atoms with E-state index in [0.717, 1.165) is 35.0 Å². The Balaban J connectivity index is 1.86. The van der Waals surface area contributed by atoms with Crippen molar-refractivity contribution in [1.29, 1.82) is 0 Å². The third kappa shape index (κ3) is 4.55. The van der Waals surface area contributed by atoms with Crippen molar-refractivity contribution < 1.29 is 31.1 Å². The molecule has 0 saturated heterocycles. The predicted molar refractivity (Wildman–Crippen MR) is 90.5 cm³/mol. The van der Waals surface area contributed by atoms with Crippen molar-refractivity contribution in [2.75, 3.05) is 5.32 Å². The molecule has 0 atom stereocenters. The van der Waals surface area contributed by atoms with Gasteiger partial charge in [-0.2, -0.15) is 26.3 Å². The van der Waals surface area contributed by atoms with Crippen molar-refractivity contribution in [1.82, 2.24) is 14.8 Å². The number of hydrogen-bond acceptors (Lipinski definition) is 3. The Morgan fingerprint density at radius 2 is 1.52 bits per heavy atom. The minimum Gasteiger partial charge on any atom is -0.319 e. The van der Waals surface area contributed by atoms with Gasteiger partial charge in [0.15, 0.2) is 0 Å². The molecule has 1 heterocycles. The Morgan fingerprint density at radius 1 is 0.931 bits per heavy atom. The van der Waals surface area contributed by atoms with Crippen molar-refractivity contribution in [3.63, 3.8) is 0 Å². The lowest BCUT2D eigenvalue weighted by molar-refractivity contribution is -0.138. The number of halogens is 6. The highest BCUT2D eigenvalue weighted by molar-refractivity contribution is 6.01. The summed E-state index contributed by atoms with van der Waals surface area (Å²) in [7, 11) is 0. The van der Waals surface area contributed by atoms with Gasteiger partial charge in [0.1, 0.15) is 5.82 Å². The molecular formula is C18H12F6N4O.